The highest BCUT2D eigenvalue weighted by Crippen LogP contribution is 2.24. The van der Waals surface area contributed by atoms with Gasteiger partial charge in [-0.15, -0.1) is 0 Å². The lowest BCUT2D eigenvalue weighted by Gasteiger charge is -2.25. The van der Waals surface area contributed by atoms with Gasteiger partial charge in [0.15, 0.2) is 0 Å². The van der Waals surface area contributed by atoms with Gasteiger partial charge in [-0.25, -0.2) is 0 Å². The Hall–Kier alpha value is -3.19. The van der Waals surface area contributed by atoms with Crippen LogP contribution in [0.5, 0.6) is 0 Å². The largest absolute Gasteiger partial charge is 0.345 e. The Labute approximate surface area is 143 Å². The third-order valence-corrected chi connectivity index (χ3v) is 4.34. The molecule has 4 N–H and O–H groups in total. The molecule has 7 heteroatoms. The average molecular weight is 335 g/mol. The Bertz CT molecular complexity index is 964. The van der Waals surface area contributed by atoms with Crippen LogP contribution in [0.15, 0.2) is 48.8 Å². The molecule has 7 nitrogen and oxygen atoms in total. The Morgan fingerprint density at radius 3 is 3.00 bits per heavy atom. The van der Waals surface area contributed by atoms with Crippen molar-refractivity contribution in [3.8, 4) is 0 Å². The first-order chi connectivity index (χ1) is 12.2. The molecular weight excluding hydrogens is 318 g/mol. The van der Waals surface area contributed by atoms with Crippen LogP contribution in [0, 0.1) is 0 Å². The highest BCUT2D eigenvalue weighted by molar-refractivity contribution is 6.07. The van der Waals surface area contributed by atoms with Gasteiger partial charge < -0.3 is 20.9 Å². The van der Waals surface area contributed by atoms with Gasteiger partial charge in [-0.3, -0.25) is 14.6 Å². The smallest absolute Gasteiger partial charge is 0.268 e. The van der Waals surface area contributed by atoms with Crippen LogP contribution in [0.4, 0.5) is 5.69 Å². The molecule has 4 rings (SSSR count). The standard InChI is InChI=1S/C18H17N5O2/c19-8-14-10-23-15-7-12(17(24)21-13-2-1-5-20-9-13)4-3-11(15)6-16(23)18(25)22-14/h1-7,9,14H,8,10,19H2,(H,21,24)(H,22,25)/t14-/m0/s1. The third kappa shape index (κ3) is 2.74. The fourth-order valence-corrected chi connectivity index (χ4v) is 3.08. The number of fused-ring (bicyclic) bond motifs is 3. The Balaban J connectivity index is 1.70. The quantitative estimate of drug-likeness (QED) is 0.672. The van der Waals surface area contributed by atoms with E-state index in [9.17, 15) is 9.59 Å². The molecule has 3 aromatic rings. The summed E-state index contributed by atoms with van der Waals surface area (Å²) >= 11 is 0. The van der Waals surface area contributed by atoms with Crippen LogP contribution in [0.25, 0.3) is 10.9 Å². The zero-order valence-electron chi connectivity index (χ0n) is 13.4. The first-order valence-corrected chi connectivity index (χ1v) is 8.01. The summed E-state index contributed by atoms with van der Waals surface area (Å²) in [5.41, 5.74) is 8.29. The molecule has 0 saturated carbocycles. The molecule has 2 aromatic heterocycles. The van der Waals surface area contributed by atoms with Gasteiger partial charge in [-0.05, 0) is 30.3 Å². The molecule has 25 heavy (non-hydrogen) atoms. The number of benzene rings is 1. The lowest BCUT2D eigenvalue weighted by atomic mass is 10.1. The number of rotatable bonds is 3. The van der Waals surface area contributed by atoms with Crippen molar-refractivity contribution in [1.29, 1.82) is 0 Å². The van der Waals surface area contributed by atoms with Crippen molar-refractivity contribution in [2.24, 2.45) is 5.73 Å². The van der Waals surface area contributed by atoms with Gasteiger partial charge in [-0.1, -0.05) is 6.07 Å². The predicted octanol–water partition coefficient (Wildman–Crippen LogP) is 1.36. The van der Waals surface area contributed by atoms with Crippen LogP contribution >= 0.6 is 0 Å². The maximum absolute atomic E-state index is 12.5. The van der Waals surface area contributed by atoms with Crippen LogP contribution in [0.3, 0.4) is 0 Å². The van der Waals surface area contributed by atoms with Crippen LogP contribution < -0.4 is 16.4 Å². The summed E-state index contributed by atoms with van der Waals surface area (Å²) in [6.45, 7) is 0.959. The number of anilines is 1. The number of aromatic nitrogens is 2. The molecule has 1 aromatic carbocycles. The minimum Gasteiger partial charge on any atom is -0.345 e. The van der Waals surface area contributed by atoms with Crippen LogP contribution in [0.1, 0.15) is 20.8 Å². The highest BCUT2D eigenvalue weighted by atomic mass is 16.2. The Morgan fingerprint density at radius 1 is 1.36 bits per heavy atom. The van der Waals surface area contributed by atoms with E-state index < -0.39 is 0 Å². The summed E-state index contributed by atoms with van der Waals surface area (Å²) in [7, 11) is 0. The molecule has 1 aliphatic rings. The zero-order valence-corrected chi connectivity index (χ0v) is 13.4. The third-order valence-electron chi connectivity index (χ3n) is 4.34. The van der Waals surface area contributed by atoms with Gasteiger partial charge in [0.05, 0.1) is 17.9 Å². The van der Waals surface area contributed by atoms with E-state index in [2.05, 4.69) is 15.6 Å². The minimum atomic E-state index is -0.221. The molecule has 0 spiro atoms. The van der Waals surface area contributed by atoms with E-state index in [1.165, 1.54) is 0 Å². The molecule has 0 unspecified atom stereocenters. The summed E-state index contributed by atoms with van der Waals surface area (Å²) in [6.07, 6.45) is 3.24. The molecule has 2 amide bonds. The van der Waals surface area contributed by atoms with Crippen LogP contribution in [-0.4, -0.2) is 34.0 Å². The Kier molecular flexibility index (Phi) is 3.70. The fraction of sp³-hybridized carbons (Fsp3) is 0.167. The second-order valence-corrected chi connectivity index (χ2v) is 6.02. The molecule has 0 aliphatic carbocycles. The fourth-order valence-electron chi connectivity index (χ4n) is 3.08. The number of amides is 2. The van der Waals surface area contributed by atoms with Crippen molar-refractivity contribution in [3.63, 3.8) is 0 Å². The maximum atomic E-state index is 12.5. The molecule has 1 atom stereocenters. The number of nitrogens with zero attached hydrogens (tertiary/aromatic N) is 2. The lowest BCUT2D eigenvalue weighted by Crippen LogP contribution is -2.47. The maximum Gasteiger partial charge on any atom is 0.268 e. The van der Waals surface area contributed by atoms with E-state index in [0.29, 0.717) is 30.0 Å². The van der Waals surface area contributed by atoms with E-state index in [-0.39, 0.29) is 17.9 Å². The van der Waals surface area contributed by atoms with Crippen molar-refractivity contribution in [1.82, 2.24) is 14.9 Å². The number of nitrogens with two attached hydrogens (primary N) is 1. The van der Waals surface area contributed by atoms with Gasteiger partial charge >= 0.3 is 0 Å². The number of hydrogen-bond donors (Lipinski definition) is 3. The van der Waals surface area contributed by atoms with E-state index in [1.54, 1.807) is 36.7 Å². The van der Waals surface area contributed by atoms with Crippen LogP contribution in [-0.2, 0) is 6.54 Å². The zero-order chi connectivity index (χ0) is 17.4. The van der Waals surface area contributed by atoms with Crippen molar-refractivity contribution < 1.29 is 9.59 Å². The lowest BCUT2D eigenvalue weighted by molar-refractivity contribution is 0.0904. The molecule has 0 saturated heterocycles. The summed E-state index contributed by atoms with van der Waals surface area (Å²) < 4.78 is 1.92. The summed E-state index contributed by atoms with van der Waals surface area (Å²) in [5, 5.41) is 6.61. The number of pyridine rings is 1. The minimum absolute atomic E-state index is 0.108. The summed E-state index contributed by atoms with van der Waals surface area (Å²) in [4.78, 5) is 28.7. The molecule has 1 aliphatic heterocycles. The Morgan fingerprint density at radius 2 is 2.24 bits per heavy atom. The molecule has 3 heterocycles. The van der Waals surface area contributed by atoms with E-state index in [4.69, 9.17) is 5.73 Å². The van der Waals surface area contributed by atoms with Crippen LogP contribution in [0.2, 0.25) is 0 Å². The first kappa shape index (κ1) is 15.3. The molecule has 0 fully saturated rings. The average Bonchev–Trinajstić information content (AvgIpc) is 3.01. The number of carbonyl (C=O) groups excluding carboxylic acids is 2. The highest BCUT2D eigenvalue weighted by Gasteiger charge is 2.25. The van der Waals surface area contributed by atoms with Crippen molar-refractivity contribution in [2.45, 2.75) is 12.6 Å². The predicted molar refractivity (Wildman–Crippen MR) is 94.4 cm³/mol. The molecular formula is C18H17N5O2. The molecule has 0 radical (unpaired) electrons. The monoisotopic (exact) mass is 335 g/mol. The SMILES string of the molecule is NC[C@H]1Cn2c(cc3ccc(C(=O)Nc4cccnc4)cc32)C(=O)N1. The van der Waals surface area contributed by atoms with E-state index >= 15 is 0 Å². The van der Waals surface area contributed by atoms with Gasteiger partial charge in [0, 0.05) is 35.8 Å². The number of nitrogens with one attached hydrogen (secondary N) is 2. The number of hydrogen-bond acceptors (Lipinski definition) is 4. The van der Waals surface area contributed by atoms with Gasteiger partial charge in [-0.2, -0.15) is 0 Å². The normalized spacial score (nSPS) is 16.4. The van der Waals surface area contributed by atoms with Crippen molar-refractivity contribution in [2.75, 3.05) is 11.9 Å². The second kappa shape index (κ2) is 6.03. The van der Waals surface area contributed by atoms with Crippen molar-refractivity contribution >= 4 is 28.4 Å². The first-order valence-electron chi connectivity index (χ1n) is 8.01. The van der Waals surface area contributed by atoms with E-state index in [1.807, 2.05) is 16.7 Å². The van der Waals surface area contributed by atoms with Gasteiger partial charge in [0.25, 0.3) is 11.8 Å². The molecule has 0 bridgehead atoms. The topological polar surface area (TPSA) is 102 Å². The molecule has 126 valence electrons. The second-order valence-electron chi connectivity index (χ2n) is 6.02. The summed E-state index contributed by atoms with van der Waals surface area (Å²) in [6, 6.07) is 10.7. The van der Waals surface area contributed by atoms with E-state index in [0.717, 1.165) is 10.9 Å². The number of carbonyl (C=O) groups is 2. The van der Waals surface area contributed by atoms with Crippen molar-refractivity contribution in [3.05, 3.63) is 60.0 Å². The summed E-state index contributed by atoms with van der Waals surface area (Å²) in [5.74, 6) is -0.361. The van der Waals surface area contributed by atoms with Gasteiger partial charge in [0.1, 0.15) is 5.69 Å². The van der Waals surface area contributed by atoms with Gasteiger partial charge in [0.2, 0.25) is 0 Å².